The van der Waals surface area contributed by atoms with Crippen LogP contribution in [0.15, 0.2) is 24.3 Å². The van der Waals surface area contributed by atoms with Crippen molar-refractivity contribution in [3.63, 3.8) is 0 Å². The summed E-state index contributed by atoms with van der Waals surface area (Å²) in [5.41, 5.74) is 4.02. The summed E-state index contributed by atoms with van der Waals surface area (Å²) in [6.45, 7) is 6.18. The molecular formula is C18H23N3O3. The van der Waals surface area contributed by atoms with Crippen LogP contribution in [0.3, 0.4) is 0 Å². The Morgan fingerprint density at radius 2 is 2.21 bits per heavy atom. The van der Waals surface area contributed by atoms with E-state index >= 15 is 0 Å². The summed E-state index contributed by atoms with van der Waals surface area (Å²) >= 11 is 0. The predicted octanol–water partition coefficient (Wildman–Crippen LogP) is 1.94. The van der Waals surface area contributed by atoms with Crippen LogP contribution in [-0.2, 0) is 22.6 Å². The van der Waals surface area contributed by atoms with Gasteiger partial charge in [0.25, 0.3) is 0 Å². The molecule has 0 saturated heterocycles. The summed E-state index contributed by atoms with van der Waals surface area (Å²) in [7, 11) is 1.67. The van der Waals surface area contributed by atoms with Crippen LogP contribution in [-0.4, -0.2) is 36.0 Å². The molecule has 0 aliphatic carbocycles. The molecule has 1 aromatic heterocycles. The van der Waals surface area contributed by atoms with Gasteiger partial charge in [-0.2, -0.15) is 5.10 Å². The predicted molar refractivity (Wildman–Crippen MR) is 90.1 cm³/mol. The molecule has 0 spiro atoms. The average Bonchev–Trinajstić information content (AvgIpc) is 3.13. The summed E-state index contributed by atoms with van der Waals surface area (Å²) in [4.78, 5) is 12.5. The number of carbonyl (C=O) groups is 1. The number of para-hydroxylation sites is 1. The molecule has 2 heterocycles. The van der Waals surface area contributed by atoms with E-state index in [9.17, 15) is 4.79 Å². The monoisotopic (exact) mass is 329 g/mol. The Balaban J connectivity index is 1.66. The molecular weight excluding hydrogens is 306 g/mol. The molecule has 6 nitrogen and oxygen atoms in total. The number of nitrogens with zero attached hydrogens (tertiary/aromatic N) is 2. The molecule has 1 aromatic carbocycles. The third-order valence-electron chi connectivity index (χ3n) is 4.49. The first-order valence-electron chi connectivity index (χ1n) is 8.13. The smallest absolute Gasteiger partial charge is 0.231 e. The van der Waals surface area contributed by atoms with Crippen molar-refractivity contribution >= 4 is 5.91 Å². The first-order valence-corrected chi connectivity index (χ1v) is 8.13. The molecule has 1 N–H and O–H groups in total. The lowest BCUT2D eigenvalue weighted by atomic mass is 10.0. The second-order valence-corrected chi connectivity index (χ2v) is 5.98. The van der Waals surface area contributed by atoms with Crippen molar-refractivity contribution in [2.24, 2.45) is 0 Å². The number of nitrogens with one attached hydrogen (secondary N) is 1. The first kappa shape index (κ1) is 16.5. The van der Waals surface area contributed by atoms with Crippen LogP contribution in [0.4, 0.5) is 0 Å². The molecule has 2 aromatic rings. The van der Waals surface area contributed by atoms with Crippen molar-refractivity contribution in [1.82, 2.24) is 15.1 Å². The van der Waals surface area contributed by atoms with Gasteiger partial charge in [-0.15, -0.1) is 0 Å². The third-order valence-corrected chi connectivity index (χ3v) is 4.49. The summed E-state index contributed by atoms with van der Waals surface area (Å²) in [6, 6.07) is 7.70. The molecule has 1 amide bonds. The van der Waals surface area contributed by atoms with E-state index in [1.807, 2.05) is 42.8 Å². The van der Waals surface area contributed by atoms with Gasteiger partial charge in [0.1, 0.15) is 18.3 Å². The van der Waals surface area contributed by atoms with Gasteiger partial charge < -0.3 is 14.8 Å². The number of methoxy groups -OCH3 is 1. The van der Waals surface area contributed by atoms with Crippen LogP contribution in [0.5, 0.6) is 5.75 Å². The molecule has 0 fully saturated rings. The van der Waals surface area contributed by atoms with Crippen molar-refractivity contribution in [3.05, 3.63) is 46.8 Å². The molecule has 1 aliphatic heterocycles. The van der Waals surface area contributed by atoms with Gasteiger partial charge >= 0.3 is 0 Å². The standard InChI is InChI=1S/C18H23N3O3/c1-12-15(13(2)21(20-12)8-9-23-3)10-19-18(22)16-11-24-17-7-5-4-6-14(16)17/h4-7,16H,8-11H2,1-3H3,(H,19,22). The number of rotatable bonds is 6. The van der Waals surface area contributed by atoms with E-state index in [1.165, 1.54) is 0 Å². The number of carbonyl (C=O) groups excluding carboxylic acids is 1. The van der Waals surface area contributed by atoms with Gasteiger partial charge in [-0.1, -0.05) is 18.2 Å². The van der Waals surface area contributed by atoms with Crippen LogP contribution in [0.25, 0.3) is 0 Å². The van der Waals surface area contributed by atoms with E-state index in [0.29, 0.717) is 26.3 Å². The number of hydrogen-bond donors (Lipinski definition) is 1. The van der Waals surface area contributed by atoms with Gasteiger partial charge in [0.05, 0.1) is 18.8 Å². The van der Waals surface area contributed by atoms with Crippen molar-refractivity contribution in [3.8, 4) is 5.75 Å². The fourth-order valence-electron chi connectivity index (χ4n) is 3.06. The van der Waals surface area contributed by atoms with Gasteiger partial charge in [0.15, 0.2) is 0 Å². The minimum Gasteiger partial charge on any atom is -0.492 e. The molecule has 0 bridgehead atoms. The van der Waals surface area contributed by atoms with Crippen molar-refractivity contribution in [2.45, 2.75) is 32.9 Å². The highest BCUT2D eigenvalue weighted by Gasteiger charge is 2.30. The Kier molecular flexibility index (Phi) is 4.85. The quantitative estimate of drug-likeness (QED) is 0.879. The summed E-state index contributed by atoms with van der Waals surface area (Å²) in [5, 5.41) is 7.55. The minimum absolute atomic E-state index is 0.0107. The van der Waals surface area contributed by atoms with E-state index in [0.717, 1.165) is 28.3 Å². The van der Waals surface area contributed by atoms with Crippen LogP contribution in [0.1, 0.15) is 28.4 Å². The number of amides is 1. The molecule has 3 rings (SSSR count). The Morgan fingerprint density at radius 1 is 1.42 bits per heavy atom. The summed E-state index contributed by atoms with van der Waals surface area (Å²) in [5.74, 6) is 0.547. The van der Waals surface area contributed by atoms with Gasteiger partial charge in [0, 0.05) is 30.5 Å². The first-order chi connectivity index (χ1) is 11.6. The third kappa shape index (κ3) is 3.14. The van der Waals surface area contributed by atoms with Crippen molar-refractivity contribution in [1.29, 1.82) is 0 Å². The van der Waals surface area contributed by atoms with Crippen molar-refractivity contribution in [2.75, 3.05) is 20.3 Å². The maximum Gasteiger partial charge on any atom is 0.231 e. The fourth-order valence-corrected chi connectivity index (χ4v) is 3.06. The van der Waals surface area contributed by atoms with E-state index in [4.69, 9.17) is 9.47 Å². The lowest BCUT2D eigenvalue weighted by Gasteiger charge is -2.11. The van der Waals surface area contributed by atoms with Crippen LogP contribution < -0.4 is 10.1 Å². The van der Waals surface area contributed by atoms with Crippen LogP contribution in [0.2, 0.25) is 0 Å². The molecule has 0 radical (unpaired) electrons. The number of fused-ring (bicyclic) bond motifs is 1. The molecule has 6 heteroatoms. The SMILES string of the molecule is COCCn1nc(C)c(CNC(=O)C2COc3ccccc32)c1C. The number of hydrogen-bond acceptors (Lipinski definition) is 4. The van der Waals surface area contributed by atoms with E-state index in [-0.39, 0.29) is 11.8 Å². The molecule has 1 unspecified atom stereocenters. The molecule has 1 aliphatic rings. The molecule has 128 valence electrons. The number of benzene rings is 1. The number of ether oxygens (including phenoxy) is 2. The van der Waals surface area contributed by atoms with E-state index < -0.39 is 0 Å². The van der Waals surface area contributed by atoms with E-state index in [1.54, 1.807) is 7.11 Å². The fraction of sp³-hybridized carbons (Fsp3) is 0.444. The average molecular weight is 329 g/mol. The maximum absolute atomic E-state index is 12.5. The Hall–Kier alpha value is -2.34. The molecule has 1 atom stereocenters. The number of aryl methyl sites for hydroxylation is 1. The molecule has 24 heavy (non-hydrogen) atoms. The summed E-state index contributed by atoms with van der Waals surface area (Å²) in [6.07, 6.45) is 0. The highest BCUT2D eigenvalue weighted by atomic mass is 16.5. The zero-order valence-corrected chi connectivity index (χ0v) is 14.3. The van der Waals surface area contributed by atoms with E-state index in [2.05, 4.69) is 10.4 Å². The molecule has 0 saturated carbocycles. The lowest BCUT2D eigenvalue weighted by Crippen LogP contribution is -2.30. The minimum atomic E-state index is -0.245. The maximum atomic E-state index is 12.5. The second-order valence-electron chi connectivity index (χ2n) is 5.98. The lowest BCUT2D eigenvalue weighted by molar-refractivity contribution is -0.122. The van der Waals surface area contributed by atoms with Crippen LogP contribution >= 0.6 is 0 Å². The Morgan fingerprint density at radius 3 is 3.00 bits per heavy atom. The zero-order chi connectivity index (χ0) is 17.1. The highest BCUT2D eigenvalue weighted by molar-refractivity contribution is 5.85. The van der Waals surface area contributed by atoms with Gasteiger partial charge in [-0.25, -0.2) is 0 Å². The second kappa shape index (κ2) is 7.05. The zero-order valence-electron chi connectivity index (χ0n) is 14.3. The number of aromatic nitrogens is 2. The van der Waals surface area contributed by atoms with Crippen molar-refractivity contribution < 1.29 is 14.3 Å². The van der Waals surface area contributed by atoms with Gasteiger partial charge in [0.2, 0.25) is 5.91 Å². The van der Waals surface area contributed by atoms with Crippen LogP contribution in [0, 0.1) is 13.8 Å². The van der Waals surface area contributed by atoms with Gasteiger partial charge in [-0.05, 0) is 19.9 Å². The largest absolute Gasteiger partial charge is 0.492 e. The topological polar surface area (TPSA) is 65.4 Å². The summed E-state index contributed by atoms with van der Waals surface area (Å²) < 4.78 is 12.6. The van der Waals surface area contributed by atoms with Gasteiger partial charge in [-0.3, -0.25) is 9.48 Å². The highest BCUT2D eigenvalue weighted by Crippen LogP contribution is 2.33. The normalized spacial score (nSPS) is 15.9. The Labute approximate surface area is 141 Å². The Bertz CT molecular complexity index is 739.